The minimum absolute atomic E-state index is 0.0413. The van der Waals surface area contributed by atoms with E-state index in [2.05, 4.69) is 12.2 Å². The molecule has 1 aliphatic carbocycles. The highest BCUT2D eigenvalue weighted by Crippen LogP contribution is 2.26. The first-order valence-electron chi connectivity index (χ1n) is 5.09. The summed E-state index contributed by atoms with van der Waals surface area (Å²) in [5.41, 5.74) is 0. The van der Waals surface area contributed by atoms with Crippen LogP contribution < -0.4 is 5.32 Å². The van der Waals surface area contributed by atoms with Crippen molar-refractivity contribution in [3.05, 3.63) is 0 Å². The molecule has 0 spiro atoms. The molecular formula is C10H20N2O. The van der Waals surface area contributed by atoms with Crippen LogP contribution in [-0.4, -0.2) is 31.1 Å². The van der Waals surface area contributed by atoms with Crippen molar-refractivity contribution in [3.63, 3.8) is 0 Å². The molecule has 0 aromatic carbocycles. The van der Waals surface area contributed by atoms with Crippen molar-refractivity contribution < 1.29 is 4.79 Å². The topological polar surface area (TPSA) is 32.3 Å². The maximum atomic E-state index is 11.3. The Morgan fingerprint density at radius 2 is 1.85 bits per heavy atom. The van der Waals surface area contributed by atoms with Gasteiger partial charge in [-0.2, -0.15) is 0 Å². The molecule has 1 fully saturated rings. The van der Waals surface area contributed by atoms with Gasteiger partial charge in [-0.15, -0.1) is 0 Å². The average molecular weight is 184 g/mol. The van der Waals surface area contributed by atoms with Gasteiger partial charge in [0.15, 0.2) is 0 Å². The lowest BCUT2D eigenvalue weighted by atomic mass is 9.87. The first-order valence-corrected chi connectivity index (χ1v) is 5.09. The summed E-state index contributed by atoms with van der Waals surface area (Å²) in [7, 11) is 3.57. The summed E-state index contributed by atoms with van der Waals surface area (Å²) in [6.07, 6.45) is 4.83. The van der Waals surface area contributed by atoms with E-state index in [1.165, 1.54) is 12.8 Å². The second kappa shape index (κ2) is 4.49. The van der Waals surface area contributed by atoms with E-state index in [9.17, 15) is 4.79 Å². The standard InChI is InChI=1S/C10H20N2O/c1-8-4-6-9(7-5-8)12(3)10(13)11-2/h8-9H,4-7H2,1-3H3,(H,11,13)/t8-,9-. The third kappa shape index (κ3) is 2.61. The molecule has 1 rings (SSSR count). The molecule has 0 aromatic rings. The fourth-order valence-corrected chi connectivity index (χ4v) is 1.97. The number of hydrogen-bond donors (Lipinski definition) is 1. The predicted molar refractivity (Wildman–Crippen MR) is 53.6 cm³/mol. The Labute approximate surface area is 80.5 Å². The molecule has 0 radical (unpaired) electrons. The first-order chi connectivity index (χ1) is 6.15. The summed E-state index contributed by atoms with van der Waals surface area (Å²) >= 11 is 0. The van der Waals surface area contributed by atoms with Gasteiger partial charge >= 0.3 is 6.03 Å². The second-order valence-corrected chi connectivity index (χ2v) is 4.08. The van der Waals surface area contributed by atoms with Crippen LogP contribution >= 0.6 is 0 Å². The Morgan fingerprint density at radius 3 is 2.31 bits per heavy atom. The molecule has 0 unspecified atom stereocenters. The van der Waals surface area contributed by atoms with E-state index in [1.807, 2.05) is 11.9 Å². The Bertz CT molecular complexity index is 174. The van der Waals surface area contributed by atoms with Crippen LogP contribution in [0, 0.1) is 5.92 Å². The summed E-state index contributed by atoms with van der Waals surface area (Å²) in [6, 6.07) is 0.496. The van der Waals surface area contributed by atoms with Crippen molar-refractivity contribution in [1.82, 2.24) is 10.2 Å². The Morgan fingerprint density at radius 1 is 1.31 bits per heavy atom. The minimum Gasteiger partial charge on any atom is -0.341 e. The summed E-state index contributed by atoms with van der Waals surface area (Å²) < 4.78 is 0. The number of hydrogen-bond acceptors (Lipinski definition) is 1. The van der Waals surface area contributed by atoms with Crippen LogP contribution in [0.2, 0.25) is 0 Å². The lowest BCUT2D eigenvalue weighted by Crippen LogP contribution is -2.43. The predicted octanol–water partition coefficient (Wildman–Crippen LogP) is 1.84. The maximum Gasteiger partial charge on any atom is 0.317 e. The smallest absolute Gasteiger partial charge is 0.317 e. The molecule has 0 atom stereocenters. The Balaban J connectivity index is 2.39. The van der Waals surface area contributed by atoms with Crippen molar-refractivity contribution in [3.8, 4) is 0 Å². The van der Waals surface area contributed by atoms with Gasteiger partial charge in [0.05, 0.1) is 0 Å². The van der Waals surface area contributed by atoms with Crippen LogP contribution in [-0.2, 0) is 0 Å². The highest BCUT2D eigenvalue weighted by atomic mass is 16.2. The number of nitrogens with zero attached hydrogens (tertiary/aromatic N) is 1. The minimum atomic E-state index is 0.0413. The number of nitrogens with one attached hydrogen (secondary N) is 1. The Hall–Kier alpha value is -0.730. The fourth-order valence-electron chi connectivity index (χ4n) is 1.97. The lowest BCUT2D eigenvalue weighted by molar-refractivity contribution is 0.165. The van der Waals surface area contributed by atoms with Gasteiger partial charge < -0.3 is 10.2 Å². The fraction of sp³-hybridized carbons (Fsp3) is 0.900. The van der Waals surface area contributed by atoms with E-state index >= 15 is 0 Å². The number of amides is 2. The molecule has 3 heteroatoms. The SMILES string of the molecule is CNC(=O)N(C)[C@H]1CC[C@H](C)CC1. The molecule has 1 saturated carbocycles. The van der Waals surface area contributed by atoms with E-state index in [0.717, 1.165) is 18.8 Å². The normalized spacial score (nSPS) is 28.2. The van der Waals surface area contributed by atoms with E-state index < -0.39 is 0 Å². The molecule has 1 aliphatic rings. The lowest BCUT2D eigenvalue weighted by Gasteiger charge is -2.33. The molecule has 0 aromatic heterocycles. The molecule has 0 aliphatic heterocycles. The van der Waals surface area contributed by atoms with Crippen molar-refractivity contribution in [2.45, 2.75) is 38.6 Å². The highest BCUT2D eigenvalue weighted by Gasteiger charge is 2.23. The summed E-state index contributed by atoms with van der Waals surface area (Å²) in [6.45, 7) is 2.29. The van der Waals surface area contributed by atoms with E-state index in [1.54, 1.807) is 7.05 Å². The Kier molecular flexibility index (Phi) is 3.58. The molecule has 76 valence electrons. The third-order valence-electron chi connectivity index (χ3n) is 3.07. The van der Waals surface area contributed by atoms with Crippen LogP contribution in [0.15, 0.2) is 0 Å². The molecule has 1 N–H and O–H groups in total. The van der Waals surface area contributed by atoms with Gasteiger partial charge in [0.1, 0.15) is 0 Å². The zero-order valence-corrected chi connectivity index (χ0v) is 8.84. The van der Waals surface area contributed by atoms with Gasteiger partial charge in [0, 0.05) is 20.1 Å². The van der Waals surface area contributed by atoms with Gasteiger partial charge in [-0.1, -0.05) is 6.92 Å². The zero-order chi connectivity index (χ0) is 9.84. The van der Waals surface area contributed by atoms with Gasteiger partial charge in [-0.25, -0.2) is 4.79 Å². The van der Waals surface area contributed by atoms with Crippen LogP contribution in [0.1, 0.15) is 32.6 Å². The van der Waals surface area contributed by atoms with Crippen molar-refractivity contribution in [2.75, 3.05) is 14.1 Å². The van der Waals surface area contributed by atoms with Crippen molar-refractivity contribution in [2.24, 2.45) is 5.92 Å². The quantitative estimate of drug-likeness (QED) is 0.662. The molecule has 3 nitrogen and oxygen atoms in total. The average Bonchev–Trinajstić information content (AvgIpc) is 2.17. The van der Waals surface area contributed by atoms with Crippen LogP contribution in [0.3, 0.4) is 0 Å². The molecule has 2 amide bonds. The molecular weight excluding hydrogens is 164 g/mol. The summed E-state index contributed by atoms with van der Waals surface area (Å²) in [5, 5.41) is 2.66. The number of rotatable bonds is 1. The van der Waals surface area contributed by atoms with Crippen LogP contribution in [0.4, 0.5) is 4.79 Å². The van der Waals surface area contributed by atoms with Crippen molar-refractivity contribution in [1.29, 1.82) is 0 Å². The highest BCUT2D eigenvalue weighted by molar-refractivity contribution is 5.73. The van der Waals surface area contributed by atoms with Gasteiger partial charge in [-0.05, 0) is 31.6 Å². The zero-order valence-electron chi connectivity index (χ0n) is 8.84. The monoisotopic (exact) mass is 184 g/mol. The summed E-state index contributed by atoms with van der Waals surface area (Å²) in [5.74, 6) is 0.842. The van der Waals surface area contributed by atoms with Gasteiger partial charge in [0.25, 0.3) is 0 Å². The second-order valence-electron chi connectivity index (χ2n) is 4.08. The largest absolute Gasteiger partial charge is 0.341 e. The number of carbonyl (C=O) groups excluding carboxylic acids is 1. The third-order valence-corrected chi connectivity index (χ3v) is 3.07. The summed E-state index contributed by atoms with van der Waals surface area (Å²) in [4.78, 5) is 13.1. The molecule has 13 heavy (non-hydrogen) atoms. The van der Waals surface area contributed by atoms with Crippen LogP contribution in [0.25, 0.3) is 0 Å². The van der Waals surface area contributed by atoms with Gasteiger partial charge in [-0.3, -0.25) is 0 Å². The first kappa shape index (κ1) is 10.4. The van der Waals surface area contributed by atoms with E-state index in [4.69, 9.17) is 0 Å². The maximum absolute atomic E-state index is 11.3. The van der Waals surface area contributed by atoms with Gasteiger partial charge in [0.2, 0.25) is 0 Å². The number of carbonyl (C=O) groups is 1. The molecule has 0 heterocycles. The number of urea groups is 1. The van der Waals surface area contributed by atoms with Crippen molar-refractivity contribution >= 4 is 6.03 Å². The van der Waals surface area contributed by atoms with E-state index in [-0.39, 0.29) is 6.03 Å². The van der Waals surface area contributed by atoms with Crippen LogP contribution in [0.5, 0.6) is 0 Å². The molecule has 0 bridgehead atoms. The van der Waals surface area contributed by atoms with E-state index in [0.29, 0.717) is 6.04 Å². The molecule has 0 saturated heterocycles.